The van der Waals surface area contributed by atoms with Gasteiger partial charge < -0.3 is 19.9 Å². The molecule has 1 aromatic rings. The smallest absolute Gasteiger partial charge is 0.475 e. The van der Waals surface area contributed by atoms with E-state index >= 15 is 0 Å². The van der Waals surface area contributed by atoms with Gasteiger partial charge in [0, 0.05) is 44.9 Å². The molecule has 212 valence electrons. The number of amides is 1. The number of nitrogens with zero attached hydrogens (tertiary/aromatic N) is 1. The summed E-state index contributed by atoms with van der Waals surface area (Å²) in [5.74, 6) is -6.26. The van der Waals surface area contributed by atoms with Crippen LogP contribution in [0, 0.1) is 5.92 Å². The Labute approximate surface area is 217 Å². The first-order valence-electron chi connectivity index (χ1n) is 12.9. The topological polar surface area (TPSA) is 88.1 Å². The van der Waals surface area contributed by atoms with Crippen molar-refractivity contribution in [2.75, 3.05) is 32.8 Å². The van der Waals surface area contributed by atoms with Crippen LogP contribution in [0.3, 0.4) is 0 Å². The van der Waals surface area contributed by atoms with Crippen molar-refractivity contribution in [1.82, 2.24) is 10.2 Å². The molecule has 2 heterocycles. The predicted molar refractivity (Wildman–Crippen MR) is 126 cm³/mol. The number of hydrogen-bond acceptors (Lipinski definition) is 5. The van der Waals surface area contributed by atoms with Gasteiger partial charge in [-0.25, -0.2) is 13.6 Å². The van der Waals surface area contributed by atoms with Gasteiger partial charge in [-0.15, -0.1) is 0 Å². The molecule has 2 atom stereocenters. The Morgan fingerprint density at radius 2 is 1.87 bits per heavy atom. The van der Waals surface area contributed by atoms with Crippen molar-refractivity contribution in [2.24, 2.45) is 5.92 Å². The number of carbonyl (C=O) groups is 2. The van der Waals surface area contributed by atoms with Crippen LogP contribution in [0.5, 0.6) is 0 Å². The molecule has 38 heavy (non-hydrogen) atoms. The molecule has 0 bridgehead atoms. The van der Waals surface area contributed by atoms with Crippen LogP contribution in [0.15, 0.2) is 18.2 Å². The number of aliphatic carboxylic acids is 1. The van der Waals surface area contributed by atoms with E-state index < -0.39 is 24.0 Å². The van der Waals surface area contributed by atoms with Gasteiger partial charge in [-0.3, -0.25) is 9.69 Å². The standard InChI is InChI=1S/C24H32F2N2O3.C2HF3O2/c25-24(26)11-20(12-24)22(29)27-13-21-6-7-23(31-21)15-28(8-9-30-16-23)14-17-4-5-18-2-1-3-19(18)10-17;3-2(4,5)1(6)7/h4-5,10,20-21H,1-3,6-9,11-16H2,(H,27,29);(H,6,7)/t21-,23-;/m1./s1. The number of fused-ring (bicyclic) bond motifs is 1. The van der Waals surface area contributed by atoms with Crippen LogP contribution in [0.1, 0.15) is 48.8 Å². The third kappa shape index (κ3) is 7.41. The van der Waals surface area contributed by atoms with Crippen LogP contribution >= 0.6 is 0 Å². The number of hydrogen-bond donors (Lipinski definition) is 2. The van der Waals surface area contributed by atoms with Crippen molar-refractivity contribution in [1.29, 1.82) is 0 Å². The molecule has 2 aliphatic carbocycles. The highest BCUT2D eigenvalue weighted by atomic mass is 19.4. The second kappa shape index (κ2) is 11.4. The van der Waals surface area contributed by atoms with Crippen molar-refractivity contribution in [3.8, 4) is 0 Å². The maximum atomic E-state index is 13.0. The van der Waals surface area contributed by atoms with Gasteiger partial charge in [0.15, 0.2) is 0 Å². The van der Waals surface area contributed by atoms with Crippen LogP contribution in [-0.4, -0.2) is 78.5 Å². The van der Waals surface area contributed by atoms with E-state index in [1.54, 1.807) is 0 Å². The predicted octanol–water partition coefficient (Wildman–Crippen LogP) is 3.72. The minimum absolute atomic E-state index is 0.0897. The molecule has 0 unspecified atom stereocenters. The van der Waals surface area contributed by atoms with E-state index in [1.807, 2.05) is 0 Å². The van der Waals surface area contributed by atoms with Gasteiger partial charge in [0.1, 0.15) is 5.60 Å². The first-order valence-corrected chi connectivity index (χ1v) is 12.9. The van der Waals surface area contributed by atoms with Gasteiger partial charge >= 0.3 is 12.1 Å². The van der Waals surface area contributed by atoms with E-state index in [1.165, 1.54) is 36.0 Å². The fourth-order valence-corrected chi connectivity index (χ4v) is 5.57. The molecular weight excluding hydrogens is 515 g/mol. The molecule has 2 aliphatic heterocycles. The van der Waals surface area contributed by atoms with Crippen LogP contribution in [-0.2, 0) is 38.4 Å². The number of halogens is 5. The average Bonchev–Trinajstić information content (AvgIpc) is 3.39. The summed E-state index contributed by atoms with van der Waals surface area (Å²) in [7, 11) is 0. The number of benzene rings is 1. The lowest BCUT2D eigenvalue weighted by molar-refractivity contribution is -0.192. The zero-order chi connectivity index (χ0) is 27.6. The highest BCUT2D eigenvalue weighted by Crippen LogP contribution is 2.42. The molecule has 7 nitrogen and oxygen atoms in total. The molecule has 2 saturated heterocycles. The number of carboxylic acids is 1. The molecule has 1 amide bonds. The summed E-state index contributed by atoms with van der Waals surface area (Å²) in [5, 5.41) is 9.95. The highest BCUT2D eigenvalue weighted by molar-refractivity contribution is 5.79. The lowest BCUT2D eigenvalue weighted by Crippen LogP contribution is -2.47. The normalized spacial score (nSPS) is 27.1. The largest absolute Gasteiger partial charge is 0.490 e. The molecular formula is C26H33F5N2O5. The minimum atomic E-state index is -5.08. The van der Waals surface area contributed by atoms with E-state index in [0.29, 0.717) is 19.8 Å². The summed E-state index contributed by atoms with van der Waals surface area (Å²) in [6.07, 6.45) is -0.467. The Hall–Kier alpha value is -2.31. The minimum Gasteiger partial charge on any atom is -0.475 e. The number of aryl methyl sites for hydroxylation is 2. The van der Waals surface area contributed by atoms with Crippen molar-refractivity contribution >= 4 is 11.9 Å². The van der Waals surface area contributed by atoms with Crippen LogP contribution in [0.2, 0.25) is 0 Å². The molecule has 4 aliphatic rings. The van der Waals surface area contributed by atoms with E-state index in [-0.39, 0.29) is 30.5 Å². The number of rotatable bonds is 5. The van der Waals surface area contributed by atoms with Gasteiger partial charge in [0.25, 0.3) is 0 Å². The maximum Gasteiger partial charge on any atom is 0.490 e. The van der Waals surface area contributed by atoms with Crippen molar-refractivity contribution in [3.05, 3.63) is 34.9 Å². The molecule has 0 radical (unpaired) electrons. The second-order valence-corrected chi connectivity index (χ2v) is 10.7. The summed E-state index contributed by atoms with van der Waals surface area (Å²) in [5.41, 5.74) is 3.98. The summed E-state index contributed by atoms with van der Waals surface area (Å²) < 4.78 is 70.0. The SMILES string of the molecule is O=C(NC[C@H]1CC[C@@]2(COCCN(Cc3ccc4c(c3)CCC4)C2)O1)C1CC(F)(F)C1.O=C(O)C(F)(F)F. The number of nitrogens with one attached hydrogen (secondary N) is 1. The average molecular weight is 549 g/mol. The fraction of sp³-hybridized carbons (Fsp3) is 0.692. The van der Waals surface area contributed by atoms with Gasteiger partial charge in [0.2, 0.25) is 11.8 Å². The zero-order valence-corrected chi connectivity index (χ0v) is 21.0. The van der Waals surface area contributed by atoms with Crippen LogP contribution in [0.25, 0.3) is 0 Å². The van der Waals surface area contributed by atoms with Gasteiger partial charge in [-0.1, -0.05) is 18.2 Å². The summed E-state index contributed by atoms with van der Waals surface area (Å²) in [6, 6.07) is 6.89. The number of carboxylic acid groups (broad SMARTS) is 1. The fourth-order valence-electron chi connectivity index (χ4n) is 5.57. The number of ether oxygens (including phenoxy) is 2. The molecule has 0 aromatic heterocycles. The lowest BCUT2D eigenvalue weighted by atomic mass is 9.81. The molecule has 12 heteroatoms. The lowest BCUT2D eigenvalue weighted by Gasteiger charge is -2.34. The Balaban J connectivity index is 0.000000426. The zero-order valence-electron chi connectivity index (χ0n) is 21.0. The molecule has 1 aromatic carbocycles. The van der Waals surface area contributed by atoms with Gasteiger partial charge in [-0.2, -0.15) is 13.2 Å². The van der Waals surface area contributed by atoms with Crippen molar-refractivity contribution < 1.29 is 46.1 Å². The van der Waals surface area contributed by atoms with Crippen LogP contribution in [0.4, 0.5) is 22.0 Å². The Kier molecular flexibility index (Phi) is 8.63. The van der Waals surface area contributed by atoms with Gasteiger partial charge in [0.05, 0.1) is 19.3 Å². The van der Waals surface area contributed by atoms with E-state index in [9.17, 15) is 26.7 Å². The third-order valence-corrected chi connectivity index (χ3v) is 7.54. The maximum absolute atomic E-state index is 13.0. The highest BCUT2D eigenvalue weighted by Gasteiger charge is 2.49. The van der Waals surface area contributed by atoms with E-state index in [4.69, 9.17) is 19.4 Å². The van der Waals surface area contributed by atoms with Crippen molar-refractivity contribution in [2.45, 2.75) is 75.3 Å². The second-order valence-electron chi connectivity index (χ2n) is 10.7. The van der Waals surface area contributed by atoms with E-state index in [0.717, 1.165) is 32.5 Å². The Morgan fingerprint density at radius 1 is 1.16 bits per heavy atom. The summed E-state index contributed by atoms with van der Waals surface area (Å²) in [4.78, 5) is 23.4. The van der Waals surface area contributed by atoms with Crippen LogP contribution < -0.4 is 5.32 Å². The molecule has 1 saturated carbocycles. The number of alkyl halides is 5. The Bertz CT molecular complexity index is 1010. The molecule has 2 N–H and O–H groups in total. The first kappa shape index (κ1) is 28.7. The third-order valence-electron chi connectivity index (χ3n) is 7.54. The molecule has 1 spiro atoms. The first-order chi connectivity index (χ1) is 17.8. The van der Waals surface area contributed by atoms with E-state index in [2.05, 4.69) is 28.4 Å². The monoisotopic (exact) mass is 548 g/mol. The Morgan fingerprint density at radius 3 is 2.55 bits per heavy atom. The summed E-state index contributed by atoms with van der Waals surface area (Å²) >= 11 is 0. The quantitative estimate of drug-likeness (QED) is 0.546. The van der Waals surface area contributed by atoms with Crippen molar-refractivity contribution in [3.63, 3.8) is 0 Å². The van der Waals surface area contributed by atoms with Gasteiger partial charge in [-0.05, 0) is 48.8 Å². The number of carbonyl (C=O) groups excluding carboxylic acids is 1. The summed E-state index contributed by atoms with van der Waals surface area (Å²) in [6.45, 7) is 4.20. The molecule has 3 fully saturated rings. The molecule has 5 rings (SSSR count).